The number of nitrogens with one attached hydrogen (secondary N) is 2. The zero-order valence-electron chi connectivity index (χ0n) is 14.5. The first-order valence-electron chi connectivity index (χ1n) is 8.15. The molecule has 2 aromatic rings. The van der Waals surface area contributed by atoms with Gasteiger partial charge in [-0.05, 0) is 30.3 Å². The van der Waals surface area contributed by atoms with E-state index in [1.807, 2.05) is 5.32 Å². The van der Waals surface area contributed by atoms with Crippen molar-refractivity contribution in [1.82, 2.24) is 5.32 Å². The van der Waals surface area contributed by atoms with Gasteiger partial charge in [-0.15, -0.1) is 0 Å². The van der Waals surface area contributed by atoms with E-state index in [0.717, 1.165) is 0 Å². The van der Waals surface area contributed by atoms with Crippen LogP contribution in [0.3, 0.4) is 0 Å². The van der Waals surface area contributed by atoms with E-state index in [2.05, 4.69) is 5.32 Å². The smallest absolute Gasteiger partial charge is 0.340 e. The molecule has 0 saturated carbocycles. The number of carbonyl (C=O) groups is 3. The minimum Gasteiger partial charge on any atom is -0.486 e. The Morgan fingerprint density at radius 3 is 2.57 bits per heavy atom. The molecule has 3 rings (SSSR count). The molecule has 1 heterocycles. The lowest BCUT2D eigenvalue weighted by molar-refractivity contribution is -0.123. The average molecular weight is 406 g/mol. The fourth-order valence-corrected chi connectivity index (χ4v) is 2.56. The van der Waals surface area contributed by atoms with Gasteiger partial charge in [-0.25, -0.2) is 9.59 Å². The van der Waals surface area contributed by atoms with Crippen LogP contribution in [0.4, 0.5) is 16.2 Å². The van der Waals surface area contributed by atoms with Crippen molar-refractivity contribution in [2.45, 2.75) is 0 Å². The third-order valence-corrected chi connectivity index (χ3v) is 3.86. The summed E-state index contributed by atoms with van der Waals surface area (Å²) in [6.45, 7) is 0.204. The van der Waals surface area contributed by atoms with Gasteiger partial charge in [0, 0.05) is 22.5 Å². The molecular weight excluding hydrogens is 390 g/mol. The summed E-state index contributed by atoms with van der Waals surface area (Å²) >= 11 is 5.76. The number of nitrogen functional groups attached to an aromatic ring is 1. The molecule has 0 aliphatic carbocycles. The second-order valence-corrected chi connectivity index (χ2v) is 6.10. The van der Waals surface area contributed by atoms with Crippen LogP contribution in [0.2, 0.25) is 5.02 Å². The van der Waals surface area contributed by atoms with Crippen LogP contribution in [0.25, 0.3) is 0 Å². The number of ether oxygens (including phenoxy) is 3. The molecule has 1 aliphatic rings. The Kier molecular flexibility index (Phi) is 5.85. The van der Waals surface area contributed by atoms with Crippen LogP contribution in [0.15, 0.2) is 36.4 Å². The van der Waals surface area contributed by atoms with Gasteiger partial charge < -0.3 is 25.3 Å². The first-order valence-corrected chi connectivity index (χ1v) is 8.53. The number of benzene rings is 2. The molecule has 9 nitrogen and oxygen atoms in total. The number of halogens is 1. The molecule has 3 amide bonds. The summed E-state index contributed by atoms with van der Waals surface area (Å²) in [4.78, 5) is 35.7. The van der Waals surface area contributed by atoms with E-state index in [0.29, 0.717) is 35.4 Å². The van der Waals surface area contributed by atoms with Crippen molar-refractivity contribution in [1.29, 1.82) is 0 Å². The van der Waals surface area contributed by atoms with E-state index >= 15 is 0 Å². The Morgan fingerprint density at radius 2 is 1.82 bits per heavy atom. The Morgan fingerprint density at radius 1 is 1.07 bits per heavy atom. The summed E-state index contributed by atoms with van der Waals surface area (Å²) in [6, 6.07) is 8.26. The van der Waals surface area contributed by atoms with Crippen molar-refractivity contribution in [3.05, 3.63) is 47.0 Å². The normalized spacial score (nSPS) is 12.0. The summed E-state index contributed by atoms with van der Waals surface area (Å²) in [7, 11) is 0. The van der Waals surface area contributed by atoms with Crippen LogP contribution in [0, 0.1) is 0 Å². The number of carbonyl (C=O) groups excluding carboxylic acids is 3. The van der Waals surface area contributed by atoms with Crippen molar-refractivity contribution in [2.24, 2.45) is 0 Å². The maximum Gasteiger partial charge on any atom is 0.340 e. The third-order valence-electron chi connectivity index (χ3n) is 3.62. The largest absolute Gasteiger partial charge is 0.486 e. The van der Waals surface area contributed by atoms with Gasteiger partial charge in [0.1, 0.15) is 13.2 Å². The van der Waals surface area contributed by atoms with Gasteiger partial charge in [0.05, 0.1) is 5.56 Å². The van der Waals surface area contributed by atoms with Gasteiger partial charge in [-0.1, -0.05) is 11.6 Å². The molecule has 10 heteroatoms. The number of anilines is 2. The molecule has 1 aliphatic heterocycles. The Labute approximate surface area is 164 Å². The highest BCUT2D eigenvalue weighted by atomic mass is 35.5. The molecule has 146 valence electrons. The molecule has 0 aromatic heterocycles. The number of hydrogen-bond donors (Lipinski definition) is 3. The average Bonchev–Trinajstić information content (AvgIpc) is 2.66. The topological polar surface area (TPSA) is 129 Å². The maximum absolute atomic E-state index is 11.9. The van der Waals surface area contributed by atoms with Crippen LogP contribution in [-0.2, 0) is 9.53 Å². The third kappa shape index (κ3) is 4.83. The van der Waals surface area contributed by atoms with Crippen LogP contribution in [0.5, 0.6) is 11.5 Å². The highest BCUT2D eigenvalue weighted by Gasteiger charge is 2.16. The van der Waals surface area contributed by atoms with Crippen LogP contribution in [-0.4, -0.2) is 37.7 Å². The Bertz CT molecular complexity index is 934. The van der Waals surface area contributed by atoms with E-state index in [1.165, 1.54) is 18.2 Å². The van der Waals surface area contributed by atoms with Gasteiger partial charge in [0.15, 0.2) is 18.1 Å². The second kappa shape index (κ2) is 8.49. The van der Waals surface area contributed by atoms with Gasteiger partial charge in [-0.3, -0.25) is 10.1 Å². The molecule has 0 spiro atoms. The summed E-state index contributed by atoms with van der Waals surface area (Å²) in [6.07, 6.45) is 0. The SMILES string of the molecule is Nc1cc(Cl)ccc1C(=O)OCC(=O)NC(=O)Nc1ccc2c(c1)OCCO2. The zero-order valence-corrected chi connectivity index (χ0v) is 15.2. The van der Waals surface area contributed by atoms with Crippen molar-refractivity contribution in [2.75, 3.05) is 30.9 Å². The Hall–Kier alpha value is -3.46. The molecule has 0 unspecified atom stereocenters. The molecule has 0 bridgehead atoms. The molecule has 2 aromatic carbocycles. The minimum atomic E-state index is -0.809. The Balaban J connectivity index is 1.49. The molecule has 0 radical (unpaired) electrons. The molecule has 0 fully saturated rings. The first kappa shape index (κ1) is 19.3. The number of rotatable bonds is 4. The van der Waals surface area contributed by atoms with Gasteiger partial charge >= 0.3 is 12.0 Å². The predicted octanol–water partition coefficient (Wildman–Crippen LogP) is 2.20. The lowest BCUT2D eigenvalue weighted by Gasteiger charge is -2.19. The molecule has 0 atom stereocenters. The quantitative estimate of drug-likeness (QED) is 0.525. The number of fused-ring (bicyclic) bond motifs is 1. The summed E-state index contributed by atoms with van der Waals surface area (Å²) in [5, 5.41) is 4.89. The fourth-order valence-electron chi connectivity index (χ4n) is 2.37. The number of imide groups is 1. The number of nitrogens with two attached hydrogens (primary N) is 1. The van der Waals surface area contributed by atoms with Crippen molar-refractivity contribution in [3.8, 4) is 11.5 Å². The van der Waals surface area contributed by atoms with Gasteiger partial charge in [-0.2, -0.15) is 0 Å². The lowest BCUT2D eigenvalue weighted by atomic mass is 10.2. The maximum atomic E-state index is 11.9. The van der Waals surface area contributed by atoms with Crippen LogP contribution in [0.1, 0.15) is 10.4 Å². The van der Waals surface area contributed by atoms with E-state index < -0.39 is 24.5 Å². The number of amides is 3. The highest BCUT2D eigenvalue weighted by molar-refractivity contribution is 6.31. The standard InChI is InChI=1S/C18H16ClN3O6/c19-10-1-3-12(13(20)7-10)17(24)28-9-16(23)22-18(25)21-11-2-4-14-15(8-11)27-6-5-26-14/h1-4,7-8H,5-6,9,20H2,(H2,21,22,23,25). The molecule has 28 heavy (non-hydrogen) atoms. The van der Waals surface area contributed by atoms with Crippen LogP contribution >= 0.6 is 11.6 Å². The molecular formula is C18H16ClN3O6. The number of urea groups is 1. The number of hydrogen-bond acceptors (Lipinski definition) is 7. The van der Waals surface area contributed by atoms with E-state index in [4.69, 9.17) is 31.5 Å². The molecule has 4 N–H and O–H groups in total. The second-order valence-electron chi connectivity index (χ2n) is 5.67. The van der Waals surface area contributed by atoms with Gasteiger partial charge in [0.2, 0.25) is 0 Å². The van der Waals surface area contributed by atoms with Crippen molar-refractivity contribution in [3.63, 3.8) is 0 Å². The van der Waals surface area contributed by atoms with Gasteiger partial charge in [0.25, 0.3) is 5.91 Å². The summed E-state index contributed by atoms with van der Waals surface area (Å²) in [5.41, 5.74) is 6.27. The van der Waals surface area contributed by atoms with E-state index in [1.54, 1.807) is 18.2 Å². The number of esters is 1. The van der Waals surface area contributed by atoms with Crippen LogP contribution < -0.4 is 25.8 Å². The lowest BCUT2D eigenvalue weighted by Crippen LogP contribution is -2.37. The van der Waals surface area contributed by atoms with Crippen molar-refractivity contribution < 1.29 is 28.6 Å². The highest BCUT2D eigenvalue weighted by Crippen LogP contribution is 2.32. The zero-order chi connectivity index (χ0) is 20.1. The first-order chi connectivity index (χ1) is 13.4. The summed E-state index contributed by atoms with van der Waals surface area (Å²) < 4.78 is 15.6. The predicted molar refractivity (Wildman–Crippen MR) is 101 cm³/mol. The van der Waals surface area contributed by atoms with E-state index in [9.17, 15) is 14.4 Å². The fraction of sp³-hybridized carbons (Fsp3) is 0.167. The van der Waals surface area contributed by atoms with Crippen molar-refractivity contribution >= 4 is 40.9 Å². The summed E-state index contributed by atoms with van der Waals surface area (Å²) in [5.74, 6) is -0.556. The van der Waals surface area contributed by atoms with E-state index in [-0.39, 0.29) is 11.3 Å². The molecule has 0 saturated heterocycles. The monoisotopic (exact) mass is 405 g/mol. The minimum absolute atomic E-state index is 0.0675.